The molecule has 2 amide bonds. The molecule has 1 saturated carbocycles. The van der Waals surface area contributed by atoms with Crippen molar-refractivity contribution >= 4 is 34.1 Å². The van der Waals surface area contributed by atoms with Crippen molar-refractivity contribution in [2.75, 3.05) is 57.6 Å². The normalized spacial score (nSPS) is 16.7. The number of ether oxygens (including phenoxy) is 5. The highest BCUT2D eigenvalue weighted by Crippen LogP contribution is 2.50. The zero-order valence-corrected chi connectivity index (χ0v) is 26.1. The van der Waals surface area contributed by atoms with E-state index in [1.165, 1.54) is 24.3 Å². The van der Waals surface area contributed by atoms with Crippen LogP contribution in [0.5, 0.6) is 28.7 Å². The van der Waals surface area contributed by atoms with Gasteiger partial charge in [-0.25, -0.2) is 8.78 Å². The van der Waals surface area contributed by atoms with Gasteiger partial charge in [0.1, 0.15) is 35.9 Å². The monoisotopic (exact) mass is 660 g/mol. The number of anilines is 2. The molecule has 3 aromatic carbocycles. The Morgan fingerprint density at radius 1 is 0.938 bits per heavy atom. The quantitative estimate of drug-likeness (QED) is 0.173. The van der Waals surface area contributed by atoms with Crippen LogP contribution in [0.25, 0.3) is 10.9 Å². The van der Waals surface area contributed by atoms with Crippen LogP contribution >= 0.6 is 0 Å². The van der Waals surface area contributed by atoms with Crippen LogP contribution in [0.15, 0.2) is 60.8 Å². The molecule has 13 heteroatoms. The number of hydrogen-bond acceptors (Lipinski definition) is 9. The fraction of sp³-hybridized carbons (Fsp3) is 0.343. The predicted octanol–water partition coefficient (Wildman–Crippen LogP) is 5.11. The summed E-state index contributed by atoms with van der Waals surface area (Å²) in [5, 5.41) is 0.526. The molecule has 0 unspecified atom stereocenters. The maximum atomic E-state index is 15.9. The maximum Gasteiger partial charge on any atom is 0.247 e. The van der Waals surface area contributed by atoms with Crippen LogP contribution in [0.4, 0.5) is 20.2 Å². The average Bonchev–Trinajstić information content (AvgIpc) is 3.92. The van der Waals surface area contributed by atoms with Crippen LogP contribution in [0.3, 0.4) is 0 Å². The molecule has 2 aliphatic heterocycles. The molecule has 0 radical (unpaired) electrons. The zero-order valence-electron chi connectivity index (χ0n) is 26.1. The van der Waals surface area contributed by atoms with Crippen molar-refractivity contribution in [1.29, 1.82) is 0 Å². The summed E-state index contributed by atoms with van der Waals surface area (Å²) in [6, 6.07) is 12.4. The minimum atomic E-state index is -1.45. The second kappa shape index (κ2) is 13.2. The molecule has 2 fully saturated rings. The van der Waals surface area contributed by atoms with Crippen molar-refractivity contribution in [2.45, 2.75) is 19.3 Å². The van der Waals surface area contributed by atoms with Gasteiger partial charge in [0, 0.05) is 43.7 Å². The van der Waals surface area contributed by atoms with E-state index in [1.807, 2.05) is 0 Å². The Hall–Kier alpha value is -5.01. The number of aromatic nitrogens is 1. The molecular weight excluding hydrogens is 626 g/mol. The highest BCUT2D eigenvalue weighted by atomic mass is 19.1. The van der Waals surface area contributed by atoms with Crippen LogP contribution in [0.1, 0.15) is 19.3 Å². The van der Waals surface area contributed by atoms with E-state index in [2.05, 4.69) is 9.88 Å². The standard InChI is InChI=1S/C35H34F2N4O7/c36-22-2-4-23(5-3-22)41(34(43)35(9-10-35)33(38)42)27-7-6-24(20-25(27)37)48-28-8-11-39-26-21-29(31-32(30(26)28)47-19-18-46-31)45-15-1-12-40-13-16-44-17-14-40/h2-8,11,20-21H,1,9-10,12-19H2,(H2,38,42). The molecule has 250 valence electrons. The third-order valence-electron chi connectivity index (χ3n) is 8.73. The van der Waals surface area contributed by atoms with E-state index < -0.39 is 28.9 Å². The SMILES string of the molecule is NC(=O)C1(C(=O)N(c2ccc(F)cc2)c2ccc(Oc3ccnc4cc(OCCCN5CCOCC5)c5c(c34)OCCO5)cc2F)CC1. The number of carbonyl (C=O) groups excluding carboxylic acids is 2. The summed E-state index contributed by atoms with van der Waals surface area (Å²) < 4.78 is 59.4. The van der Waals surface area contributed by atoms with E-state index in [0.717, 1.165) is 62.4 Å². The number of nitrogens with two attached hydrogens (primary N) is 1. The number of morpholine rings is 1. The summed E-state index contributed by atoms with van der Waals surface area (Å²) in [6.07, 6.45) is 2.87. The molecule has 4 aromatic rings. The second-order valence-electron chi connectivity index (χ2n) is 11.9. The van der Waals surface area contributed by atoms with E-state index in [1.54, 1.807) is 18.3 Å². The third kappa shape index (κ3) is 6.18. The number of primary amides is 1. The van der Waals surface area contributed by atoms with Crippen molar-refractivity contribution < 1.29 is 42.1 Å². The second-order valence-corrected chi connectivity index (χ2v) is 11.9. The van der Waals surface area contributed by atoms with Gasteiger partial charge in [0.25, 0.3) is 0 Å². The lowest BCUT2D eigenvalue weighted by Gasteiger charge is -2.27. The first kappa shape index (κ1) is 31.6. The minimum Gasteiger partial charge on any atom is -0.489 e. The summed E-state index contributed by atoms with van der Waals surface area (Å²) in [4.78, 5) is 33.7. The van der Waals surface area contributed by atoms with Crippen LogP contribution in [0, 0.1) is 17.0 Å². The molecule has 1 saturated heterocycles. The number of fused-ring (bicyclic) bond motifs is 3. The summed E-state index contributed by atoms with van der Waals surface area (Å²) in [7, 11) is 0. The van der Waals surface area contributed by atoms with Crippen molar-refractivity contribution in [1.82, 2.24) is 9.88 Å². The Morgan fingerprint density at radius 2 is 1.69 bits per heavy atom. The number of halogens is 2. The van der Waals surface area contributed by atoms with E-state index in [4.69, 9.17) is 29.4 Å². The van der Waals surface area contributed by atoms with Gasteiger partial charge in [-0.15, -0.1) is 0 Å². The minimum absolute atomic E-state index is 0.125. The number of pyridine rings is 1. The maximum absolute atomic E-state index is 15.9. The lowest BCUT2D eigenvalue weighted by Crippen LogP contribution is -2.41. The summed E-state index contributed by atoms with van der Waals surface area (Å²) in [5.41, 5.74) is 4.69. The fourth-order valence-corrected chi connectivity index (χ4v) is 5.98. The molecule has 3 heterocycles. The van der Waals surface area contributed by atoms with Gasteiger partial charge in [-0.1, -0.05) is 0 Å². The van der Waals surface area contributed by atoms with Gasteiger partial charge in [-0.2, -0.15) is 0 Å². The van der Waals surface area contributed by atoms with Crippen LogP contribution in [0.2, 0.25) is 0 Å². The summed E-state index contributed by atoms with van der Waals surface area (Å²) in [5.74, 6) is -0.988. The fourth-order valence-electron chi connectivity index (χ4n) is 5.98. The van der Waals surface area contributed by atoms with Gasteiger partial charge < -0.3 is 29.4 Å². The van der Waals surface area contributed by atoms with Gasteiger partial charge in [0.05, 0.1) is 36.4 Å². The molecule has 2 N–H and O–H groups in total. The van der Waals surface area contributed by atoms with Gasteiger partial charge >= 0.3 is 0 Å². The Labute approximate surface area is 275 Å². The van der Waals surface area contributed by atoms with Crippen LogP contribution in [-0.2, 0) is 14.3 Å². The highest BCUT2D eigenvalue weighted by Gasteiger charge is 2.57. The zero-order chi connectivity index (χ0) is 33.3. The number of amides is 2. The smallest absolute Gasteiger partial charge is 0.247 e. The van der Waals surface area contributed by atoms with Crippen LogP contribution in [-0.4, -0.2) is 74.4 Å². The third-order valence-corrected chi connectivity index (χ3v) is 8.73. The van der Waals surface area contributed by atoms with Crippen molar-refractivity contribution in [3.63, 3.8) is 0 Å². The molecule has 0 atom stereocenters. The van der Waals surface area contributed by atoms with Crippen LogP contribution < -0.4 is 29.6 Å². The molecule has 0 spiro atoms. The van der Waals surface area contributed by atoms with Crippen molar-refractivity contribution in [3.8, 4) is 28.7 Å². The highest BCUT2D eigenvalue weighted by molar-refractivity contribution is 6.16. The van der Waals surface area contributed by atoms with Crippen molar-refractivity contribution in [2.24, 2.45) is 11.1 Å². The van der Waals surface area contributed by atoms with Gasteiger partial charge in [0.2, 0.25) is 17.6 Å². The average molecular weight is 661 g/mol. The number of benzene rings is 3. The topological polar surface area (TPSA) is 126 Å². The first-order chi connectivity index (χ1) is 23.3. The largest absolute Gasteiger partial charge is 0.489 e. The van der Waals surface area contributed by atoms with E-state index in [0.29, 0.717) is 53.7 Å². The van der Waals surface area contributed by atoms with Gasteiger partial charge in [0.15, 0.2) is 17.3 Å². The van der Waals surface area contributed by atoms with E-state index >= 15 is 4.39 Å². The van der Waals surface area contributed by atoms with Crippen molar-refractivity contribution in [3.05, 3.63) is 72.4 Å². The number of nitrogens with zero attached hydrogens (tertiary/aromatic N) is 3. The van der Waals surface area contributed by atoms with Gasteiger partial charge in [-0.3, -0.25) is 24.4 Å². The number of rotatable bonds is 11. The number of hydrogen-bond donors (Lipinski definition) is 1. The Kier molecular flexibility index (Phi) is 8.71. The molecule has 1 aliphatic carbocycles. The van der Waals surface area contributed by atoms with Gasteiger partial charge in [-0.05, 0) is 61.7 Å². The molecule has 3 aliphatic rings. The molecule has 48 heavy (non-hydrogen) atoms. The Bertz CT molecular complexity index is 1850. The Morgan fingerprint density at radius 3 is 2.40 bits per heavy atom. The molecule has 0 bridgehead atoms. The molecule has 11 nitrogen and oxygen atoms in total. The molecular formula is C35H34F2N4O7. The van der Waals surface area contributed by atoms with E-state index in [9.17, 15) is 14.0 Å². The summed E-state index contributed by atoms with van der Waals surface area (Å²) >= 11 is 0. The lowest BCUT2D eigenvalue weighted by atomic mass is 10.0. The molecule has 7 rings (SSSR count). The first-order valence-corrected chi connectivity index (χ1v) is 15.9. The molecule has 1 aromatic heterocycles. The lowest BCUT2D eigenvalue weighted by molar-refractivity contribution is -0.133. The Balaban J connectivity index is 1.16. The number of carbonyl (C=O) groups is 2. The van der Waals surface area contributed by atoms with E-state index in [-0.39, 0.29) is 30.0 Å². The first-order valence-electron chi connectivity index (χ1n) is 15.9. The summed E-state index contributed by atoms with van der Waals surface area (Å²) in [6.45, 7) is 5.30. The predicted molar refractivity (Wildman–Crippen MR) is 171 cm³/mol.